The van der Waals surface area contributed by atoms with Crippen LogP contribution in [0.5, 0.6) is 5.75 Å². The topological polar surface area (TPSA) is 67.9 Å². The highest BCUT2D eigenvalue weighted by molar-refractivity contribution is 8.15. The number of benzene rings is 1. The van der Waals surface area contributed by atoms with Gasteiger partial charge in [0.2, 0.25) is 0 Å². The summed E-state index contributed by atoms with van der Waals surface area (Å²) in [5, 5.41) is 5.48. The normalized spacial score (nSPS) is 19.1. The van der Waals surface area contributed by atoms with Crippen LogP contribution >= 0.6 is 11.8 Å². The number of hydrogen-bond donors (Lipinski definition) is 2. The van der Waals surface area contributed by atoms with Gasteiger partial charge in [-0.1, -0.05) is 11.8 Å². The quantitative estimate of drug-likeness (QED) is 0.759. The number of ether oxygens (including phenoxy) is 3. The zero-order chi connectivity index (χ0) is 18.0. The predicted molar refractivity (Wildman–Crippen MR) is 107 cm³/mol. The highest BCUT2D eigenvalue weighted by Crippen LogP contribution is 2.43. The molecule has 26 heavy (non-hydrogen) atoms. The van der Waals surface area contributed by atoms with E-state index in [2.05, 4.69) is 22.4 Å². The zero-order valence-corrected chi connectivity index (χ0v) is 16.1. The lowest BCUT2D eigenvalue weighted by molar-refractivity contribution is 0.0801. The van der Waals surface area contributed by atoms with E-state index in [1.165, 1.54) is 0 Å². The van der Waals surface area contributed by atoms with Crippen molar-refractivity contribution in [3.05, 3.63) is 23.9 Å². The van der Waals surface area contributed by atoms with Gasteiger partial charge in [0.1, 0.15) is 17.4 Å². The summed E-state index contributed by atoms with van der Waals surface area (Å²) in [5.74, 6) is 0.839. The summed E-state index contributed by atoms with van der Waals surface area (Å²) in [6.07, 6.45) is 2.15. The third kappa shape index (κ3) is 3.43. The molecule has 1 aromatic heterocycles. The molecular formula is C19H25N3O3S. The van der Waals surface area contributed by atoms with Crippen LogP contribution in [0.1, 0.15) is 18.5 Å². The Morgan fingerprint density at radius 2 is 2.12 bits per heavy atom. The van der Waals surface area contributed by atoms with Gasteiger partial charge < -0.3 is 24.5 Å². The summed E-state index contributed by atoms with van der Waals surface area (Å²) in [4.78, 5) is 8.39. The van der Waals surface area contributed by atoms with E-state index in [9.17, 15) is 0 Å². The van der Waals surface area contributed by atoms with Crippen molar-refractivity contribution in [1.82, 2.24) is 4.98 Å². The molecule has 1 spiro atoms. The second kappa shape index (κ2) is 7.50. The largest absolute Gasteiger partial charge is 0.491 e. The van der Waals surface area contributed by atoms with Gasteiger partial charge in [0.05, 0.1) is 30.0 Å². The Hall–Kier alpha value is -1.70. The van der Waals surface area contributed by atoms with Crippen molar-refractivity contribution in [2.24, 2.45) is 4.99 Å². The molecule has 1 fully saturated rings. The molecular weight excluding hydrogens is 350 g/mol. The molecule has 0 unspecified atom stereocenters. The van der Waals surface area contributed by atoms with E-state index < -0.39 is 0 Å². The average Bonchev–Trinajstić information content (AvgIpc) is 3.26. The van der Waals surface area contributed by atoms with Gasteiger partial charge in [-0.3, -0.25) is 4.99 Å². The molecule has 140 valence electrons. The average molecular weight is 375 g/mol. The number of aliphatic imine (C=N–C) groups is 1. The number of nitrogens with one attached hydrogen (secondary N) is 2. The molecule has 0 aliphatic carbocycles. The first-order valence-electron chi connectivity index (χ1n) is 9.01. The fraction of sp³-hybridized carbons (Fsp3) is 0.526. The molecule has 0 radical (unpaired) electrons. The van der Waals surface area contributed by atoms with Crippen molar-refractivity contribution in [2.45, 2.75) is 17.6 Å². The maximum Gasteiger partial charge on any atom is 0.122 e. The zero-order valence-electron chi connectivity index (χ0n) is 15.3. The third-order valence-corrected chi connectivity index (χ3v) is 6.50. The summed E-state index contributed by atoms with van der Waals surface area (Å²) in [6, 6.07) is 6.25. The molecule has 1 saturated heterocycles. The summed E-state index contributed by atoms with van der Waals surface area (Å²) >= 11 is 1.91. The minimum absolute atomic E-state index is 0.227. The van der Waals surface area contributed by atoms with Gasteiger partial charge in [0.25, 0.3) is 0 Å². The second-order valence-electron chi connectivity index (χ2n) is 6.73. The van der Waals surface area contributed by atoms with E-state index >= 15 is 0 Å². The van der Waals surface area contributed by atoms with Crippen molar-refractivity contribution in [1.29, 1.82) is 0 Å². The van der Waals surface area contributed by atoms with Gasteiger partial charge in [0.15, 0.2) is 0 Å². The first-order chi connectivity index (χ1) is 12.7. The third-order valence-electron chi connectivity index (χ3n) is 4.99. The fourth-order valence-corrected chi connectivity index (χ4v) is 4.74. The molecule has 1 aromatic carbocycles. The number of H-pyrrole nitrogens is 1. The number of methoxy groups -OCH3 is 1. The summed E-state index contributed by atoms with van der Waals surface area (Å²) < 4.78 is 16.6. The maximum atomic E-state index is 5.79. The lowest BCUT2D eigenvalue weighted by Crippen LogP contribution is -2.34. The van der Waals surface area contributed by atoms with Gasteiger partial charge >= 0.3 is 0 Å². The lowest BCUT2D eigenvalue weighted by Gasteiger charge is -2.31. The number of aromatic amines is 1. The number of hydrogen-bond acceptors (Lipinski definition) is 6. The molecule has 2 aliphatic rings. The van der Waals surface area contributed by atoms with Gasteiger partial charge in [-0.25, -0.2) is 0 Å². The number of rotatable bonds is 6. The summed E-state index contributed by atoms with van der Waals surface area (Å²) in [5.41, 5.74) is 3.18. The highest BCUT2D eigenvalue weighted by atomic mass is 32.2. The SMILES string of the molecule is CNc1cc(OCCOC)cc2cc(C3=NCC4(CCOCC4)S3)[nH]c12. The summed E-state index contributed by atoms with van der Waals surface area (Å²) in [6.45, 7) is 3.68. The van der Waals surface area contributed by atoms with Gasteiger partial charge in [-0.2, -0.15) is 0 Å². The predicted octanol–water partition coefficient (Wildman–Crippen LogP) is 3.28. The van der Waals surface area contributed by atoms with E-state index in [0.717, 1.165) is 65.7 Å². The Labute approximate surface area is 157 Å². The smallest absolute Gasteiger partial charge is 0.122 e. The lowest BCUT2D eigenvalue weighted by atomic mass is 9.99. The molecule has 4 rings (SSSR count). The highest BCUT2D eigenvalue weighted by Gasteiger charge is 2.39. The van der Waals surface area contributed by atoms with E-state index in [-0.39, 0.29) is 4.75 Å². The van der Waals surface area contributed by atoms with Crippen LogP contribution in [-0.4, -0.2) is 61.9 Å². The number of anilines is 1. The molecule has 0 atom stereocenters. The molecule has 0 saturated carbocycles. The van der Waals surface area contributed by atoms with Crippen molar-refractivity contribution < 1.29 is 14.2 Å². The molecule has 0 amide bonds. The molecule has 0 bridgehead atoms. The van der Waals surface area contributed by atoms with Crippen molar-refractivity contribution in [3.63, 3.8) is 0 Å². The molecule has 2 aliphatic heterocycles. The number of nitrogens with zero attached hydrogens (tertiary/aromatic N) is 1. The fourth-order valence-electron chi connectivity index (χ4n) is 3.48. The Balaban J connectivity index is 1.59. The molecule has 2 N–H and O–H groups in total. The Bertz CT molecular complexity index is 812. The van der Waals surface area contributed by atoms with Crippen LogP contribution in [0, 0.1) is 0 Å². The van der Waals surface area contributed by atoms with Gasteiger partial charge in [-0.05, 0) is 25.0 Å². The van der Waals surface area contributed by atoms with E-state index in [1.807, 2.05) is 24.9 Å². The Morgan fingerprint density at radius 1 is 1.27 bits per heavy atom. The minimum Gasteiger partial charge on any atom is -0.491 e. The number of aromatic nitrogens is 1. The van der Waals surface area contributed by atoms with Gasteiger partial charge in [0, 0.05) is 43.6 Å². The van der Waals surface area contributed by atoms with Crippen molar-refractivity contribution >= 4 is 33.4 Å². The molecule has 7 heteroatoms. The van der Waals surface area contributed by atoms with Crippen LogP contribution in [0.25, 0.3) is 10.9 Å². The number of fused-ring (bicyclic) bond motifs is 1. The van der Waals surface area contributed by atoms with Crippen LogP contribution in [0.15, 0.2) is 23.2 Å². The van der Waals surface area contributed by atoms with Crippen LogP contribution < -0.4 is 10.1 Å². The second-order valence-corrected chi connectivity index (χ2v) is 8.19. The van der Waals surface area contributed by atoms with Crippen LogP contribution in [-0.2, 0) is 9.47 Å². The van der Waals surface area contributed by atoms with Crippen molar-refractivity contribution in [2.75, 3.05) is 52.4 Å². The first kappa shape index (κ1) is 17.7. The van der Waals surface area contributed by atoms with Crippen LogP contribution in [0.4, 0.5) is 5.69 Å². The monoisotopic (exact) mass is 375 g/mol. The van der Waals surface area contributed by atoms with E-state index in [0.29, 0.717) is 13.2 Å². The minimum atomic E-state index is 0.227. The van der Waals surface area contributed by atoms with Crippen LogP contribution in [0.2, 0.25) is 0 Å². The Kier molecular flexibility index (Phi) is 5.11. The number of thioether (sulfide) groups is 1. The molecule has 6 nitrogen and oxygen atoms in total. The van der Waals surface area contributed by atoms with Gasteiger partial charge in [-0.15, -0.1) is 0 Å². The maximum absolute atomic E-state index is 5.79. The molecule has 2 aromatic rings. The molecule has 3 heterocycles. The summed E-state index contributed by atoms with van der Waals surface area (Å²) in [7, 11) is 3.60. The van der Waals surface area contributed by atoms with Crippen LogP contribution in [0.3, 0.4) is 0 Å². The first-order valence-corrected chi connectivity index (χ1v) is 9.82. The van der Waals surface area contributed by atoms with Crippen molar-refractivity contribution in [3.8, 4) is 5.75 Å². The van der Waals surface area contributed by atoms with E-state index in [4.69, 9.17) is 19.2 Å². The Morgan fingerprint density at radius 3 is 2.88 bits per heavy atom. The van der Waals surface area contributed by atoms with E-state index in [1.54, 1.807) is 7.11 Å². The standard InChI is InChI=1S/C19H25N3O3S/c1-20-15-11-14(25-8-7-23-2)9-13-10-16(22-17(13)15)18-21-12-19(26-18)3-5-24-6-4-19/h9-11,20,22H,3-8,12H2,1-2H3.